The number of nitrogens with two attached hydrogens (primary N) is 1. The second-order valence-electron chi connectivity index (χ2n) is 4.05. The third-order valence-electron chi connectivity index (χ3n) is 2.50. The second kappa shape index (κ2) is 5.90. The quantitative estimate of drug-likeness (QED) is 0.912. The fourth-order valence-corrected chi connectivity index (χ4v) is 2.74. The molecule has 7 heteroatoms. The standard InChI is InChI=1S/C13H11BrFNO3S/c14-10-3-1-2-9(6-10)8-19-12-5-4-11(15)7-13(12)20(16,17)18/h1-7H,8H2,(H2,16,17,18). The van der Waals surface area contributed by atoms with Crippen molar-refractivity contribution in [2.75, 3.05) is 0 Å². The molecule has 0 saturated carbocycles. The molecule has 0 aliphatic rings. The number of sulfonamides is 1. The number of halogens is 2. The first-order valence-electron chi connectivity index (χ1n) is 5.56. The zero-order valence-electron chi connectivity index (χ0n) is 10.2. The van der Waals surface area contributed by atoms with E-state index in [1.807, 2.05) is 24.3 Å². The summed E-state index contributed by atoms with van der Waals surface area (Å²) in [5, 5.41) is 5.04. The molecule has 0 saturated heterocycles. The maximum atomic E-state index is 13.1. The minimum absolute atomic E-state index is 0.0221. The molecule has 20 heavy (non-hydrogen) atoms. The maximum Gasteiger partial charge on any atom is 0.241 e. The van der Waals surface area contributed by atoms with E-state index < -0.39 is 15.8 Å². The predicted octanol–water partition coefficient (Wildman–Crippen LogP) is 2.81. The van der Waals surface area contributed by atoms with Crippen LogP contribution in [0.4, 0.5) is 4.39 Å². The van der Waals surface area contributed by atoms with Gasteiger partial charge in [-0.2, -0.15) is 0 Å². The van der Waals surface area contributed by atoms with Crippen molar-refractivity contribution in [1.82, 2.24) is 0 Å². The van der Waals surface area contributed by atoms with E-state index in [0.717, 1.165) is 22.2 Å². The van der Waals surface area contributed by atoms with Gasteiger partial charge in [-0.05, 0) is 35.9 Å². The molecule has 0 amide bonds. The number of hydrogen-bond donors (Lipinski definition) is 1. The summed E-state index contributed by atoms with van der Waals surface area (Å²) in [4.78, 5) is -0.368. The zero-order chi connectivity index (χ0) is 14.8. The van der Waals surface area contributed by atoms with E-state index in [2.05, 4.69) is 15.9 Å². The smallest absolute Gasteiger partial charge is 0.241 e. The maximum absolute atomic E-state index is 13.1. The number of primary sulfonamides is 1. The molecular weight excluding hydrogens is 349 g/mol. The van der Waals surface area contributed by atoms with Crippen molar-refractivity contribution in [3.05, 3.63) is 58.3 Å². The first kappa shape index (κ1) is 15.0. The summed E-state index contributed by atoms with van der Waals surface area (Å²) in [5.74, 6) is -0.669. The molecule has 4 nitrogen and oxygen atoms in total. The van der Waals surface area contributed by atoms with Crippen LogP contribution in [0.1, 0.15) is 5.56 Å². The lowest BCUT2D eigenvalue weighted by Crippen LogP contribution is -2.14. The van der Waals surface area contributed by atoms with Crippen molar-refractivity contribution in [2.24, 2.45) is 5.14 Å². The lowest BCUT2D eigenvalue weighted by Gasteiger charge is -2.10. The van der Waals surface area contributed by atoms with Gasteiger partial charge in [-0.3, -0.25) is 0 Å². The third-order valence-corrected chi connectivity index (χ3v) is 3.92. The Balaban J connectivity index is 2.26. The molecule has 2 N–H and O–H groups in total. The van der Waals surface area contributed by atoms with Crippen LogP contribution >= 0.6 is 15.9 Å². The van der Waals surface area contributed by atoms with Crippen LogP contribution in [0.25, 0.3) is 0 Å². The van der Waals surface area contributed by atoms with Crippen molar-refractivity contribution in [2.45, 2.75) is 11.5 Å². The fraction of sp³-hybridized carbons (Fsp3) is 0.0769. The van der Waals surface area contributed by atoms with E-state index in [4.69, 9.17) is 9.88 Å². The molecule has 2 aromatic carbocycles. The predicted molar refractivity (Wildman–Crippen MR) is 76.2 cm³/mol. The highest BCUT2D eigenvalue weighted by Crippen LogP contribution is 2.25. The van der Waals surface area contributed by atoms with Gasteiger partial charge in [0.15, 0.2) is 0 Å². The van der Waals surface area contributed by atoms with Crippen LogP contribution in [0.3, 0.4) is 0 Å². The number of benzene rings is 2. The van der Waals surface area contributed by atoms with Crippen molar-refractivity contribution in [1.29, 1.82) is 0 Å². The first-order valence-corrected chi connectivity index (χ1v) is 7.90. The van der Waals surface area contributed by atoms with Crippen LogP contribution in [-0.2, 0) is 16.6 Å². The molecule has 0 aliphatic heterocycles. The van der Waals surface area contributed by atoms with Crippen molar-refractivity contribution in [3.8, 4) is 5.75 Å². The summed E-state index contributed by atoms with van der Waals surface area (Å²) >= 11 is 3.32. The van der Waals surface area contributed by atoms with Gasteiger partial charge in [0.1, 0.15) is 23.1 Å². The van der Waals surface area contributed by atoms with Gasteiger partial charge < -0.3 is 4.74 Å². The van der Waals surface area contributed by atoms with Gasteiger partial charge in [0.05, 0.1) is 0 Å². The summed E-state index contributed by atoms with van der Waals surface area (Å²) in [6.45, 7) is 0.146. The number of hydrogen-bond acceptors (Lipinski definition) is 3. The zero-order valence-corrected chi connectivity index (χ0v) is 12.6. The summed E-state index contributed by atoms with van der Waals surface area (Å²) in [5.41, 5.74) is 0.837. The molecule has 0 bridgehead atoms. The Bertz CT molecular complexity index is 734. The number of ether oxygens (including phenoxy) is 1. The molecular formula is C13H11BrFNO3S. The Hall–Kier alpha value is -1.44. The minimum atomic E-state index is -4.04. The molecule has 0 unspecified atom stereocenters. The highest BCUT2D eigenvalue weighted by Gasteiger charge is 2.16. The largest absolute Gasteiger partial charge is 0.487 e. The average molecular weight is 360 g/mol. The van der Waals surface area contributed by atoms with Gasteiger partial charge in [-0.15, -0.1) is 0 Å². The fourth-order valence-electron chi connectivity index (χ4n) is 1.61. The monoisotopic (exact) mass is 359 g/mol. The molecule has 0 aliphatic carbocycles. The third kappa shape index (κ3) is 3.78. The average Bonchev–Trinajstić information content (AvgIpc) is 2.36. The Labute approximate surface area is 124 Å². The molecule has 0 spiro atoms. The summed E-state index contributed by atoms with van der Waals surface area (Å²) in [6.07, 6.45) is 0. The SMILES string of the molecule is NS(=O)(=O)c1cc(F)ccc1OCc1cccc(Br)c1. The summed E-state index contributed by atoms with van der Waals surface area (Å²) in [6, 6.07) is 10.5. The molecule has 0 atom stereocenters. The highest BCUT2D eigenvalue weighted by molar-refractivity contribution is 9.10. The van der Waals surface area contributed by atoms with E-state index in [0.29, 0.717) is 0 Å². The summed E-state index contributed by atoms with van der Waals surface area (Å²) < 4.78 is 42.2. The van der Waals surface area contributed by atoms with Crippen LogP contribution in [0.15, 0.2) is 51.8 Å². The molecule has 106 valence electrons. The van der Waals surface area contributed by atoms with E-state index in [-0.39, 0.29) is 17.3 Å². The lowest BCUT2D eigenvalue weighted by molar-refractivity contribution is 0.297. The minimum Gasteiger partial charge on any atom is -0.487 e. The van der Waals surface area contributed by atoms with E-state index >= 15 is 0 Å². The number of rotatable bonds is 4. The van der Waals surface area contributed by atoms with Crippen LogP contribution in [-0.4, -0.2) is 8.42 Å². The van der Waals surface area contributed by atoms with Gasteiger partial charge in [0, 0.05) is 4.47 Å². The Morgan fingerprint density at radius 2 is 1.95 bits per heavy atom. The van der Waals surface area contributed by atoms with Gasteiger partial charge in [-0.1, -0.05) is 28.1 Å². The van der Waals surface area contributed by atoms with Gasteiger partial charge in [0.25, 0.3) is 0 Å². The van der Waals surface area contributed by atoms with Crippen LogP contribution < -0.4 is 9.88 Å². The van der Waals surface area contributed by atoms with Crippen molar-refractivity contribution in [3.63, 3.8) is 0 Å². The van der Waals surface area contributed by atoms with Crippen LogP contribution in [0.2, 0.25) is 0 Å². The normalized spacial score (nSPS) is 11.3. The van der Waals surface area contributed by atoms with E-state index in [1.54, 1.807) is 0 Å². The van der Waals surface area contributed by atoms with Gasteiger partial charge >= 0.3 is 0 Å². The van der Waals surface area contributed by atoms with Gasteiger partial charge in [-0.25, -0.2) is 17.9 Å². The molecule has 0 aromatic heterocycles. The van der Waals surface area contributed by atoms with Gasteiger partial charge in [0.2, 0.25) is 10.0 Å². The van der Waals surface area contributed by atoms with E-state index in [9.17, 15) is 12.8 Å². The highest BCUT2D eigenvalue weighted by atomic mass is 79.9. The Morgan fingerprint density at radius 1 is 1.20 bits per heavy atom. The second-order valence-corrected chi connectivity index (χ2v) is 6.50. The van der Waals surface area contributed by atoms with Crippen LogP contribution in [0, 0.1) is 5.82 Å². The van der Waals surface area contributed by atoms with E-state index in [1.165, 1.54) is 6.07 Å². The topological polar surface area (TPSA) is 69.4 Å². The first-order chi connectivity index (χ1) is 9.36. The summed E-state index contributed by atoms with van der Waals surface area (Å²) in [7, 11) is -4.04. The molecule has 2 rings (SSSR count). The van der Waals surface area contributed by atoms with Crippen molar-refractivity contribution < 1.29 is 17.5 Å². The lowest BCUT2D eigenvalue weighted by atomic mass is 10.2. The molecule has 0 fully saturated rings. The molecule has 2 aromatic rings. The van der Waals surface area contributed by atoms with Crippen molar-refractivity contribution >= 4 is 26.0 Å². The molecule has 0 heterocycles. The molecule has 0 radical (unpaired) electrons. The Kier molecular flexibility index (Phi) is 4.42. The van der Waals surface area contributed by atoms with Crippen LogP contribution in [0.5, 0.6) is 5.75 Å². The Morgan fingerprint density at radius 3 is 2.60 bits per heavy atom.